The number of aliphatic hydroxyl groups excluding tert-OH is 2. The molecule has 0 aromatic rings. The van der Waals surface area contributed by atoms with Gasteiger partial charge in [-0.15, -0.1) is 0 Å². The molecule has 3 atom stereocenters. The monoisotopic (exact) mass is 861 g/mol. The van der Waals surface area contributed by atoms with Crippen molar-refractivity contribution in [2.75, 3.05) is 26.4 Å². The third-order valence-corrected chi connectivity index (χ3v) is 11.9. The molecule has 11 heteroatoms. The molecule has 10 nitrogen and oxygen atoms in total. The molecule has 0 saturated heterocycles. The predicted molar refractivity (Wildman–Crippen MR) is 242 cm³/mol. The van der Waals surface area contributed by atoms with Crippen molar-refractivity contribution in [2.24, 2.45) is 0 Å². The summed E-state index contributed by atoms with van der Waals surface area (Å²) in [7, 11) is -4.62. The Hall–Kier alpha value is -1.29. The molecule has 0 amide bonds. The maximum Gasteiger partial charge on any atom is 0.472 e. The fourth-order valence-electron chi connectivity index (χ4n) is 7.11. The summed E-state index contributed by atoms with van der Waals surface area (Å²) in [6.45, 7) is 2.42. The van der Waals surface area contributed by atoms with E-state index in [9.17, 15) is 24.2 Å². The van der Waals surface area contributed by atoms with Crippen LogP contribution in [0.5, 0.6) is 0 Å². The van der Waals surface area contributed by atoms with Crippen molar-refractivity contribution < 1.29 is 47.8 Å². The Morgan fingerprint density at radius 2 is 0.831 bits per heavy atom. The number of aliphatic hydroxyl groups is 2. The predicted octanol–water partition coefficient (Wildman–Crippen LogP) is 13.6. The van der Waals surface area contributed by atoms with E-state index in [1.165, 1.54) is 173 Å². The summed E-state index contributed by atoms with van der Waals surface area (Å²) in [6.07, 6.45) is 44.6. The number of ether oxygens (including phenoxy) is 2. The van der Waals surface area contributed by atoms with Crippen LogP contribution in [0.4, 0.5) is 0 Å². The first-order valence-corrected chi connectivity index (χ1v) is 26.1. The fraction of sp³-hybridized carbons (Fsp3) is 0.917. The minimum absolute atomic E-state index is 0.186. The van der Waals surface area contributed by atoms with Crippen molar-refractivity contribution >= 4 is 19.8 Å². The third kappa shape index (κ3) is 44.6. The van der Waals surface area contributed by atoms with Gasteiger partial charge in [0.15, 0.2) is 6.10 Å². The molecule has 0 aliphatic carbocycles. The first-order chi connectivity index (χ1) is 28.7. The van der Waals surface area contributed by atoms with E-state index in [2.05, 4.69) is 26.0 Å². The van der Waals surface area contributed by atoms with Crippen molar-refractivity contribution in [2.45, 2.75) is 257 Å². The Bertz CT molecular complexity index is 993. The van der Waals surface area contributed by atoms with Crippen molar-refractivity contribution in [1.29, 1.82) is 0 Å². The van der Waals surface area contributed by atoms with Gasteiger partial charge in [-0.1, -0.05) is 206 Å². The largest absolute Gasteiger partial charge is 0.472 e. The summed E-state index contributed by atoms with van der Waals surface area (Å²) < 4.78 is 32.8. The fourth-order valence-corrected chi connectivity index (χ4v) is 7.90. The van der Waals surface area contributed by atoms with Gasteiger partial charge in [0.05, 0.1) is 19.8 Å². The Balaban J connectivity index is 4.17. The van der Waals surface area contributed by atoms with Crippen LogP contribution in [0, 0.1) is 0 Å². The highest BCUT2D eigenvalue weighted by Gasteiger charge is 2.27. The van der Waals surface area contributed by atoms with Crippen molar-refractivity contribution in [3.8, 4) is 0 Å². The Morgan fingerprint density at radius 3 is 1.24 bits per heavy atom. The number of phosphoric acid groups is 1. The minimum Gasteiger partial charge on any atom is -0.462 e. The van der Waals surface area contributed by atoms with Crippen molar-refractivity contribution in [3.05, 3.63) is 12.2 Å². The maximum absolute atomic E-state index is 12.7. The molecule has 0 saturated carbocycles. The van der Waals surface area contributed by atoms with Crippen LogP contribution in [0.25, 0.3) is 0 Å². The van der Waals surface area contributed by atoms with Crippen LogP contribution in [0.3, 0.4) is 0 Å². The van der Waals surface area contributed by atoms with Crippen LogP contribution < -0.4 is 0 Å². The highest BCUT2D eigenvalue weighted by molar-refractivity contribution is 7.47. The van der Waals surface area contributed by atoms with Crippen LogP contribution in [-0.2, 0) is 32.7 Å². The van der Waals surface area contributed by atoms with Crippen LogP contribution in [0.15, 0.2) is 12.2 Å². The lowest BCUT2D eigenvalue weighted by atomic mass is 10.0. The molecule has 59 heavy (non-hydrogen) atoms. The van der Waals surface area contributed by atoms with Crippen LogP contribution in [-0.4, -0.2) is 65.7 Å². The zero-order valence-corrected chi connectivity index (χ0v) is 39.1. The number of carbonyl (C=O) groups excluding carboxylic acids is 2. The molecule has 0 radical (unpaired) electrons. The summed E-state index contributed by atoms with van der Waals surface area (Å²) in [4.78, 5) is 35.1. The van der Waals surface area contributed by atoms with Gasteiger partial charge in [0.2, 0.25) is 0 Å². The van der Waals surface area contributed by atoms with E-state index in [0.29, 0.717) is 12.8 Å². The molecule has 0 aromatic carbocycles. The number of hydrogen-bond donors (Lipinski definition) is 3. The second-order valence-electron chi connectivity index (χ2n) is 16.8. The summed E-state index contributed by atoms with van der Waals surface area (Å²) in [5.74, 6) is -0.912. The topological polar surface area (TPSA) is 149 Å². The van der Waals surface area contributed by atoms with Gasteiger partial charge in [0, 0.05) is 12.8 Å². The SMILES string of the molecule is CCCCCC/C=C/CCCCCCCCCCCC(=O)O[C@H](COC(=O)CCCCCCCCCCCCCCCCCCCCC)COP(=O)(O)OC[C@@H](O)CO. The first-order valence-electron chi connectivity index (χ1n) is 24.6. The highest BCUT2D eigenvalue weighted by Crippen LogP contribution is 2.43. The van der Waals surface area contributed by atoms with Crippen LogP contribution >= 0.6 is 7.82 Å². The average Bonchev–Trinajstić information content (AvgIpc) is 3.22. The van der Waals surface area contributed by atoms with Gasteiger partial charge in [-0.3, -0.25) is 18.6 Å². The van der Waals surface area contributed by atoms with Crippen LogP contribution in [0.2, 0.25) is 0 Å². The van der Waals surface area contributed by atoms with Gasteiger partial charge in [-0.05, 0) is 38.5 Å². The van der Waals surface area contributed by atoms with E-state index in [1.807, 2.05) is 0 Å². The third-order valence-electron chi connectivity index (χ3n) is 10.9. The molecule has 350 valence electrons. The molecule has 3 N–H and O–H groups in total. The van der Waals surface area contributed by atoms with E-state index in [1.54, 1.807) is 0 Å². The minimum atomic E-state index is -4.62. The van der Waals surface area contributed by atoms with E-state index in [4.69, 9.17) is 23.6 Å². The summed E-state index contributed by atoms with van der Waals surface area (Å²) in [5, 5.41) is 18.4. The second-order valence-corrected chi connectivity index (χ2v) is 18.3. The first kappa shape index (κ1) is 57.7. The number of phosphoric ester groups is 1. The average molecular weight is 861 g/mol. The lowest BCUT2D eigenvalue weighted by Gasteiger charge is -2.20. The molecule has 0 heterocycles. The lowest BCUT2D eigenvalue weighted by molar-refractivity contribution is -0.161. The molecule has 0 aliphatic heterocycles. The van der Waals surface area contributed by atoms with Gasteiger partial charge < -0.3 is 24.6 Å². The van der Waals surface area contributed by atoms with E-state index >= 15 is 0 Å². The molecule has 0 aliphatic rings. The van der Waals surface area contributed by atoms with E-state index < -0.39 is 51.8 Å². The normalized spacial score (nSPS) is 13.8. The Labute approximate surface area is 362 Å². The zero-order chi connectivity index (χ0) is 43.3. The number of rotatable bonds is 47. The molecule has 0 rings (SSSR count). The summed E-state index contributed by atoms with van der Waals surface area (Å²) >= 11 is 0. The number of unbranched alkanes of at least 4 members (excludes halogenated alkanes) is 31. The van der Waals surface area contributed by atoms with Crippen molar-refractivity contribution in [1.82, 2.24) is 0 Å². The molecular weight excluding hydrogens is 767 g/mol. The van der Waals surface area contributed by atoms with Gasteiger partial charge in [0.1, 0.15) is 12.7 Å². The molecule has 0 bridgehead atoms. The molecule has 1 unspecified atom stereocenters. The Morgan fingerprint density at radius 1 is 0.492 bits per heavy atom. The molecular formula is C48H93O10P. The summed E-state index contributed by atoms with van der Waals surface area (Å²) in [6, 6.07) is 0. The van der Waals surface area contributed by atoms with Crippen molar-refractivity contribution in [3.63, 3.8) is 0 Å². The number of hydrogen-bond acceptors (Lipinski definition) is 9. The Kier molecular flexibility index (Phi) is 43.8. The number of allylic oxidation sites excluding steroid dienone is 2. The van der Waals surface area contributed by atoms with Crippen LogP contribution in [0.1, 0.15) is 245 Å². The number of esters is 2. The summed E-state index contributed by atoms with van der Waals surface area (Å²) in [5.41, 5.74) is 0. The van der Waals surface area contributed by atoms with Gasteiger partial charge in [-0.2, -0.15) is 0 Å². The molecule has 0 spiro atoms. The van der Waals surface area contributed by atoms with Gasteiger partial charge >= 0.3 is 19.8 Å². The van der Waals surface area contributed by atoms with E-state index in [0.717, 1.165) is 32.1 Å². The standard InChI is InChI=1S/C48H93O10P/c1-3-5-7-9-11-13-15-17-19-21-22-24-25-27-29-31-33-35-37-39-47(51)55-43-46(44-57-59(53,54)56-42-45(50)41-49)58-48(52)40-38-36-34-32-30-28-26-23-20-18-16-14-12-10-8-6-4-2/h14,16,45-46,49-50H,3-13,15,17-44H2,1-2H3,(H,53,54)/b16-14+/t45-,46+/m0/s1. The molecule has 0 aromatic heterocycles. The smallest absolute Gasteiger partial charge is 0.462 e. The highest BCUT2D eigenvalue weighted by atomic mass is 31.2. The lowest BCUT2D eigenvalue weighted by Crippen LogP contribution is -2.29. The second kappa shape index (κ2) is 44.8. The number of carbonyl (C=O) groups is 2. The molecule has 0 fully saturated rings. The quantitative estimate of drug-likeness (QED) is 0.0234. The maximum atomic E-state index is 12.7. The van der Waals surface area contributed by atoms with Gasteiger partial charge in [0.25, 0.3) is 0 Å². The van der Waals surface area contributed by atoms with Gasteiger partial charge in [-0.25, -0.2) is 4.57 Å². The zero-order valence-electron chi connectivity index (χ0n) is 38.2. The van der Waals surface area contributed by atoms with E-state index in [-0.39, 0.29) is 19.4 Å².